The molecule has 2 fully saturated rings. The van der Waals surface area contributed by atoms with Gasteiger partial charge < -0.3 is 20.2 Å². The van der Waals surface area contributed by atoms with Gasteiger partial charge in [0.25, 0.3) is 0 Å². The van der Waals surface area contributed by atoms with Crippen molar-refractivity contribution in [2.24, 2.45) is 11.3 Å². The van der Waals surface area contributed by atoms with Crippen LogP contribution in [0.3, 0.4) is 0 Å². The first-order valence-electron chi connectivity index (χ1n) is 7.28. The van der Waals surface area contributed by atoms with Gasteiger partial charge in [-0.3, -0.25) is 4.79 Å². The van der Waals surface area contributed by atoms with Gasteiger partial charge in [0.15, 0.2) is 0 Å². The normalized spacial score (nSPS) is 28.3. The zero-order valence-corrected chi connectivity index (χ0v) is 12.6. The number of likely N-dealkylation sites (tertiary alicyclic amines) is 1. The zero-order valence-electron chi connectivity index (χ0n) is 12.6. The van der Waals surface area contributed by atoms with E-state index in [-0.39, 0.29) is 12.6 Å². The fourth-order valence-electron chi connectivity index (χ4n) is 3.21. The lowest BCUT2D eigenvalue weighted by molar-refractivity contribution is -0.153. The summed E-state index contributed by atoms with van der Waals surface area (Å²) in [5.74, 6) is -0.349. The molecule has 1 saturated carbocycles. The van der Waals surface area contributed by atoms with Gasteiger partial charge in [-0.15, -0.1) is 0 Å². The Morgan fingerprint density at radius 3 is 2.40 bits per heavy atom. The molecule has 0 radical (unpaired) electrons. The van der Waals surface area contributed by atoms with Crippen LogP contribution in [0.2, 0.25) is 0 Å². The van der Waals surface area contributed by atoms with Gasteiger partial charge in [-0.2, -0.15) is 0 Å². The molecule has 6 nitrogen and oxygen atoms in total. The van der Waals surface area contributed by atoms with Crippen LogP contribution in [0.4, 0.5) is 4.79 Å². The van der Waals surface area contributed by atoms with Gasteiger partial charge in [-0.25, -0.2) is 4.79 Å². The Labute approximate surface area is 120 Å². The van der Waals surface area contributed by atoms with E-state index in [1.807, 2.05) is 14.1 Å². The Morgan fingerprint density at radius 1 is 1.35 bits per heavy atom. The maximum Gasteiger partial charge on any atom is 0.317 e. The van der Waals surface area contributed by atoms with E-state index in [4.69, 9.17) is 0 Å². The van der Waals surface area contributed by atoms with E-state index in [2.05, 4.69) is 17.1 Å². The molecule has 2 amide bonds. The SMILES string of the molecule is CC1CN(C(=O)NCC2(C(=O)O)CCC2)CC1N(C)C. The van der Waals surface area contributed by atoms with Crippen LogP contribution in [0.25, 0.3) is 0 Å². The summed E-state index contributed by atoms with van der Waals surface area (Å²) in [5.41, 5.74) is -0.720. The standard InChI is InChI=1S/C14H25N3O3/c1-10-7-17(8-11(10)16(2)3)13(20)15-9-14(12(18)19)5-4-6-14/h10-11H,4-9H2,1-3H3,(H,15,20)(H,18,19). The minimum Gasteiger partial charge on any atom is -0.481 e. The maximum atomic E-state index is 12.2. The number of carboxylic acid groups (broad SMARTS) is 1. The Kier molecular flexibility index (Phi) is 4.22. The van der Waals surface area contributed by atoms with Gasteiger partial charge in [0.05, 0.1) is 5.41 Å². The quantitative estimate of drug-likeness (QED) is 0.801. The molecule has 2 rings (SSSR count). The van der Waals surface area contributed by atoms with Crippen molar-refractivity contribution in [3.63, 3.8) is 0 Å². The summed E-state index contributed by atoms with van der Waals surface area (Å²) in [7, 11) is 4.05. The number of carbonyl (C=O) groups is 2. The van der Waals surface area contributed by atoms with E-state index < -0.39 is 11.4 Å². The fraction of sp³-hybridized carbons (Fsp3) is 0.857. The molecule has 2 aliphatic rings. The molecule has 1 aliphatic heterocycles. The Bertz CT molecular complexity index is 393. The predicted octanol–water partition coefficient (Wildman–Crippen LogP) is 0.833. The number of nitrogens with one attached hydrogen (secondary N) is 1. The van der Waals surface area contributed by atoms with Crippen LogP contribution in [0.15, 0.2) is 0 Å². The second kappa shape index (κ2) is 5.60. The predicted molar refractivity (Wildman–Crippen MR) is 75.5 cm³/mol. The first kappa shape index (κ1) is 15.1. The average Bonchev–Trinajstić information content (AvgIpc) is 2.69. The summed E-state index contributed by atoms with van der Waals surface area (Å²) in [5, 5.41) is 12.1. The molecule has 2 N–H and O–H groups in total. The van der Waals surface area contributed by atoms with Crippen LogP contribution in [0, 0.1) is 11.3 Å². The van der Waals surface area contributed by atoms with Crippen LogP contribution < -0.4 is 5.32 Å². The van der Waals surface area contributed by atoms with Crippen molar-refractivity contribution in [3.8, 4) is 0 Å². The molecule has 0 bridgehead atoms. The molecular formula is C14H25N3O3. The van der Waals surface area contributed by atoms with E-state index in [0.717, 1.165) is 13.0 Å². The highest BCUT2D eigenvalue weighted by Gasteiger charge is 2.45. The van der Waals surface area contributed by atoms with Gasteiger partial charge in [-0.05, 0) is 32.9 Å². The van der Waals surface area contributed by atoms with E-state index in [1.165, 1.54) is 0 Å². The number of nitrogens with zero attached hydrogens (tertiary/aromatic N) is 2. The highest BCUT2D eigenvalue weighted by Crippen LogP contribution is 2.40. The monoisotopic (exact) mass is 283 g/mol. The molecule has 2 unspecified atom stereocenters. The summed E-state index contributed by atoms with van der Waals surface area (Å²) in [4.78, 5) is 27.4. The van der Waals surface area contributed by atoms with Crippen molar-refractivity contribution in [1.29, 1.82) is 0 Å². The largest absolute Gasteiger partial charge is 0.481 e. The lowest BCUT2D eigenvalue weighted by Gasteiger charge is -2.38. The molecule has 0 spiro atoms. The highest BCUT2D eigenvalue weighted by atomic mass is 16.4. The van der Waals surface area contributed by atoms with Crippen molar-refractivity contribution < 1.29 is 14.7 Å². The number of urea groups is 1. The fourth-order valence-corrected chi connectivity index (χ4v) is 3.21. The van der Waals surface area contributed by atoms with Gasteiger partial charge in [0.1, 0.15) is 0 Å². The Morgan fingerprint density at radius 2 is 2.00 bits per heavy atom. The second-order valence-electron chi connectivity index (χ2n) is 6.51. The van der Waals surface area contributed by atoms with Crippen LogP contribution in [-0.2, 0) is 4.79 Å². The van der Waals surface area contributed by atoms with Crippen LogP contribution in [0.1, 0.15) is 26.2 Å². The number of carbonyl (C=O) groups excluding carboxylic acids is 1. The summed E-state index contributed by atoms with van der Waals surface area (Å²) >= 11 is 0. The molecule has 1 aliphatic carbocycles. The molecule has 0 aromatic carbocycles. The number of hydrogen-bond donors (Lipinski definition) is 2. The van der Waals surface area contributed by atoms with Crippen LogP contribution in [0.5, 0.6) is 0 Å². The minimum absolute atomic E-state index is 0.131. The molecule has 6 heteroatoms. The zero-order chi connectivity index (χ0) is 14.9. The molecular weight excluding hydrogens is 258 g/mol. The summed E-state index contributed by atoms with van der Waals surface area (Å²) < 4.78 is 0. The lowest BCUT2D eigenvalue weighted by Crippen LogP contribution is -2.50. The number of amides is 2. The third-order valence-corrected chi connectivity index (χ3v) is 4.87. The van der Waals surface area contributed by atoms with Gasteiger partial charge in [0.2, 0.25) is 0 Å². The first-order valence-corrected chi connectivity index (χ1v) is 7.28. The van der Waals surface area contributed by atoms with Gasteiger partial charge >= 0.3 is 12.0 Å². The topological polar surface area (TPSA) is 72.9 Å². The lowest BCUT2D eigenvalue weighted by atomic mass is 9.69. The maximum absolute atomic E-state index is 12.2. The Hall–Kier alpha value is -1.30. The van der Waals surface area contributed by atoms with Crippen molar-refractivity contribution >= 4 is 12.0 Å². The van der Waals surface area contributed by atoms with E-state index in [0.29, 0.717) is 31.3 Å². The van der Waals surface area contributed by atoms with Crippen molar-refractivity contribution in [2.75, 3.05) is 33.7 Å². The van der Waals surface area contributed by atoms with E-state index in [1.54, 1.807) is 4.90 Å². The van der Waals surface area contributed by atoms with Crippen LogP contribution >= 0.6 is 0 Å². The molecule has 20 heavy (non-hydrogen) atoms. The number of hydrogen-bond acceptors (Lipinski definition) is 3. The van der Waals surface area contributed by atoms with Crippen LogP contribution in [-0.4, -0.2) is 66.7 Å². The van der Waals surface area contributed by atoms with Gasteiger partial charge in [0, 0.05) is 25.7 Å². The smallest absolute Gasteiger partial charge is 0.317 e. The molecule has 0 aromatic rings. The number of aliphatic carboxylic acids is 1. The van der Waals surface area contributed by atoms with E-state index in [9.17, 15) is 14.7 Å². The third-order valence-electron chi connectivity index (χ3n) is 4.87. The molecule has 2 atom stereocenters. The highest BCUT2D eigenvalue weighted by molar-refractivity contribution is 5.79. The van der Waals surface area contributed by atoms with Crippen molar-refractivity contribution in [2.45, 2.75) is 32.2 Å². The second-order valence-corrected chi connectivity index (χ2v) is 6.51. The first-order chi connectivity index (χ1) is 9.35. The third kappa shape index (κ3) is 2.75. The summed E-state index contributed by atoms with van der Waals surface area (Å²) in [6.45, 7) is 3.83. The minimum atomic E-state index is -0.787. The molecule has 1 saturated heterocycles. The molecule has 114 valence electrons. The summed E-state index contributed by atoms with van der Waals surface area (Å²) in [6.07, 6.45) is 2.27. The summed E-state index contributed by atoms with van der Waals surface area (Å²) in [6, 6.07) is 0.242. The molecule has 0 aromatic heterocycles. The number of likely N-dealkylation sites (N-methyl/N-ethyl adjacent to an activating group) is 1. The van der Waals surface area contributed by atoms with Crippen molar-refractivity contribution in [3.05, 3.63) is 0 Å². The average molecular weight is 283 g/mol. The number of rotatable bonds is 4. The van der Waals surface area contributed by atoms with Crippen molar-refractivity contribution in [1.82, 2.24) is 15.1 Å². The number of carboxylic acids is 1. The Balaban J connectivity index is 1.86. The molecule has 1 heterocycles. The van der Waals surface area contributed by atoms with E-state index >= 15 is 0 Å². The van der Waals surface area contributed by atoms with Gasteiger partial charge in [-0.1, -0.05) is 13.3 Å².